The van der Waals surface area contributed by atoms with Crippen LogP contribution in [0.3, 0.4) is 0 Å². The lowest BCUT2D eigenvalue weighted by atomic mass is 10.1. The number of hydrogen-bond donors (Lipinski definition) is 2. The van der Waals surface area contributed by atoms with Crippen molar-refractivity contribution in [3.63, 3.8) is 0 Å². The summed E-state index contributed by atoms with van der Waals surface area (Å²) < 4.78 is 0. The maximum Gasteiger partial charge on any atom is 0.224 e. The number of aromatic amines is 1. The van der Waals surface area contributed by atoms with Gasteiger partial charge in [0.05, 0.1) is 11.7 Å². The van der Waals surface area contributed by atoms with E-state index in [9.17, 15) is 4.79 Å². The van der Waals surface area contributed by atoms with Crippen molar-refractivity contribution >= 4 is 22.5 Å². The summed E-state index contributed by atoms with van der Waals surface area (Å²) in [5, 5.41) is 10.8. The van der Waals surface area contributed by atoms with Crippen LogP contribution in [0, 0.1) is 6.92 Å². The van der Waals surface area contributed by atoms with Crippen LogP contribution >= 0.6 is 0 Å². The molecule has 2 aromatic carbocycles. The van der Waals surface area contributed by atoms with Crippen LogP contribution in [-0.2, 0) is 11.2 Å². The van der Waals surface area contributed by atoms with Gasteiger partial charge in [0, 0.05) is 17.5 Å². The highest BCUT2D eigenvalue weighted by Gasteiger charge is 2.04. The van der Waals surface area contributed by atoms with Gasteiger partial charge in [-0.15, -0.1) is 0 Å². The maximum absolute atomic E-state index is 12.0. The van der Waals surface area contributed by atoms with Crippen molar-refractivity contribution in [1.82, 2.24) is 10.2 Å². The number of fused-ring (bicyclic) bond motifs is 1. The van der Waals surface area contributed by atoms with E-state index in [0.717, 1.165) is 23.0 Å². The lowest BCUT2D eigenvalue weighted by molar-refractivity contribution is -0.116. The summed E-state index contributed by atoms with van der Waals surface area (Å²) in [6.07, 6.45) is 2.99. The molecule has 0 radical (unpaired) electrons. The molecule has 0 atom stereocenters. The van der Waals surface area contributed by atoms with Gasteiger partial charge < -0.3 is 5.32 Å². The van der Waals surface area contributed by atoms with Gasteiger partial charge >= 0.3 is 0 Å². The van der Waals surface area contributed by atoms with Gasteiger partial charge in [-0.2, -0.15) is 5.10 Å². The van der Waals surface area contributed by atoms with E-state index >= 15 is 0 Å². The molecule has 0 unspecified atom stereocenters. The average molecular weight is 279 g/mol. The number of benzene rings is 2. The van der Waals surface area contributed by atoms with Gasteiger partial charge in [0.1, 0.15) is 0 Å². The van der Waals surface area contributed by atoms with Crippen LogP contribution in [-0.4, -0.2) is 16.1 Å². The monoisotopic (exact) mass is 279 g/mol. The Bertz CT molecular complexity index is 759. The molecule has 0 saturated heterocycles. The van der Waals surface area contributed by atoms with Crippen LogP contribution in [0.4, 0.5) is 5.69 Å². The summed E-state index contributed by atoms with van der Waals surface area (Å²) in [6.45, 7) is 2.06. The van der Waals surface area contributed by atoms with Crippen molar-refractivity contribution in [1.29, 1.82) is 0 Å². The Kier molecular flexibility index (Phi) is 3.69. The Morgan fingerprint density at radius 1 is 1.19 bits per heavy atom. The minimum atomic E-state index is 0.0226. The highest BCUT2D eigenvalue weighted by molar-refractivity contribution is 5.93. The zero-order valence-corrected chi connectivity index (χ0v) is 11.9. The highest BCUT2D eigenvalue weighted by atomic mass is 16.1. The highest BCUT2D eigenvalue weighted by Crippen LogP contribution is 2.17. The van der Waals surface area contributed by atoms with Gasteiger partial charge in [-0.05, 0) is 37.1 Å². The fourth-order valence-electron chi connectivity index (χ4n) is 2.25. The summed E-state index contributed by atoms with van der Waals surface area (Å²) in [5.41, 5.74) is 4.13. The molecule has 2 N–H and O–H groups in total. The standard InChI is InChI=1S/C17H17N3O/c1-12-2-4-13(5-3-12)6-9-17(21)19-15-8-7-14-11-18-20-16(14)10-15/h2-5,7-8,10-11H,6,9H2,1H3,(H,18,20)(H,19,21). The molecule has 1 aromatic heterocycles. The van der Waals surface area contributed by atoms with Crippen molar-refractivity contribution in [2.24, 2.45) is 0 Å². The average Bonchev–Trinajstić information content (AvgIpc) is 2.94. The van der Waals surface area contributed by atoms with E-state index < -0.39 is 0 Å². The third kappa shape index (κ3) is 3.28. The summed E-state index contributed by atoms with van der Waals surface area (Å²) in [5.74, 6) is 0.0226. The minimum Gasteiger partial charge on any atom is -0.326 e. The molecule has 1 heterocycles. The van der Waals surface area contributed by atoms with Gasteiger partial charge in [0.15, 0.2) is 0 Å². The number of aryl methyl sites for hydroxylation is 2. The number of carbonyl (C=O) groups is 1. The Morgan fingerprint density at radius 3 is 2.81 bits per heavy atom. The maximum atomic E-state index is 12.0. The Morgan fingerprint density at radius 2 is 2.00 bits per heavy atom. The van der Waals surface area contributed by atoms with Crippen LogP contribution in [0.25, 0.3) is 10.9 Å². The molecule has 3 rings (SSSR count). The fourth-order valence-corrected chi connectivity index (χ4v) is 2.25. The largest absolute Gasteiger partial charge is 0.326 e. The Balaban J connectivity index is 1.59. The number of nitrogens with one attached hydrogen (secondary N) is 2. The Labute approximate surface area is 123 Å². The predicted octanol–water partition coefficient (Wildman–Crippen LogP) is 3.44. The third-order valence-electron chi connectivity index (χ3n) is 3.49. The summed E-state index contributed by atoms with van der Waals surface area (Å²) in [7, 11) is 0. The van der Waals surface area contributed by atoms with E-state index in [1.165, 1.54) is 11.1 Å². The van der Waals surface area contributed by atoms with Crippen molar-refractivity contribution < 1.29 is 4.79 Å². The van der Waals surface area contributed by atoms with Gasteiger partial charge in [-0.25, -0.2) is 0 Å². The summed E-state index contributed by atoms with van der Waals surface area (Å²) in [6, 6.07) is 14.0. The smallest absolute Gasteiger partial charge is 0.224 e. The number of nitrogens with zero attached hydrogens (tertiary/aromatic N) is 1. The van der Waals surface area contributed by atoms with E-state index in [0.29, 0.717) is 6.42 Å². The predicted molar refractivity (Wildman–Crippen MR) is 84.2 cm³/mol. The van der Waals surface area contributed by atoms with Gasteiger partial charge in [0.25, 0.3) is 0 Å². The molecule has 0 spiro atoms. The van der Waals surface area contributed by atoms with Crippen molar-refractivity contribution in [2.45, 2.75) is 19.8 Å². The molecule has 106 valence electrons. The van der Waals surface area contributed by atoms with Crippen molar-refractivity contribution in [2.75, 3.05) is 5.32 Å². The van der Waals surface area contributed by atoms with Crippen LogP contribution in [0.5, 0.6) is 0 Å². The van der Waals surface area contributed by atoms with Crippen LogP contribution in [0.15, 0.2) is 48.7 Å². The van der Waals surface area contributed by atoms with E-state index in [2.05, 4.69) is 46.7 Å². The molecule has 21 heavy (non-hydrogen) atoms. The molecular formula is C17H17N3O. The zero-order chi connectivity index (χ0) is 14.7. The molecule has 0 saturated carbocycles. The van der Waals surface area contributed by atoms with Crippen LogP contribution < -0.4 is 5.32 Å². The van der Waals surface area contributed by atoms with Crippen molar-refractivity contribution in [3.05, 3.63) is 59.8 Å². The molecule has 0 fully saturated rings. The van der Waals surface area contributed by atoms with Gasteiger partial charge in [-0.3, -0.25) is 9.89 Å². The first kappa shape index (κ1) is 13.4. The molecule has 1 amide bonds. The van der Waals surface area contributed by atoms with Crippen LogP contribution in [0.1, 0.15) is 17.5 Å². The quantitative estimate of drug-likeness (QED) is 0.768. The first-order valence-corrected chi connectivity index (χ1v) is 6.99. The molecule has 0 aliphatic rings. The molecule has 3 aromatic rings. The van der Waals surface area contributed by atoms with E-state index in [1.807, 2.05) is 18.2 Å². The fraction of sp³-hybridized carbons (Fsp3) is 0.176. The number of anilines is 1. The number of aromatic nitrogens is 2. The summed E-state index contributed by atoms with van der Waals surface area (Å²) in [4.78, 5) is 12.0. The molecular weight excluding hydrogens is 262 g/mol. The van der Waals surface area contributed by atoms with E-state index in [-0.39, 0.29) is 5.91 Å². The lowest BCUT2D eigenvalue weighted by Gasteiger charge is -2.06. The number of hydrogen-bond acceptors (Lipinski definition) is 2. The second kappa shape index (κ2) is 5.79. The van der Waals surface area contributed by atoms with E-state index in [4.69, 9.17) is 0 Å². The topological polar surface area (TPSA) is 57.8 Å². The zero-order valence-electron chi connectivity index (χ0n) is 11.9. The molecule has 0 aliphatic heterocycles. The molecule has 0 bridgehead atoms. The second-order valence-corrected chi connectivity index (χ2v) is 5.21. The van der Waals surface area contributed by atoms with Crippen molar-refractivity contribution in [3.8, 4) is 0 Å². The van der Waals surface area contributed by atoms with Gasteiger partial charge in [-0.1, -0.05) is 29.8 Å². The number of H-pyrrole nitrogens is 1. The first-order chi connectivity index (χ1) is 10.2. The normalized spacial score (nSPS) is 10.7. The van der Waals surface area contributed by atoms with E-state index in [1.54, 1.807) is 6.20 Å². The number of amides is 1. The summed E-state index contributed by atoms with van der Waals surface area (Å²) >= 11 is 0. The number of rotatable bonds is 4. The molecule has 4 nitrogen and oxygen atoms in total. The van der Waals surface area contributed by atoms with Gasteiger partial charge in [0.2, 0.25) is 5.91 Å². The minimum absolute atomic E-state index is 0.0226. The molecule has 4 heteroatoms. The first-order valence-electron chi connectivity index (χ1n) is 6.99. The Hall–Kier alpha value is -2.62. The lowest BCUT2D eigenvalue weighted by Crippen LogP contribution is -2.12. The SMILES string of the molecule is Cc1ccc(CCC(=O)Nc2ccc3cn[nH]c3c2)cc1. The molecule has 0 aliphatic carbocycles. The number of carbonyl (C=O) groups excluding carboxylic acids is 1. The second-order valence-electron chi connectivity index (χ2n) is 5.21. The third-order valence-corrected chi connectivity index (χ3v) is 3.49. The van der Waals surface area contributed by atoms with Crippen LogP contribution in [0.2, 0.25) is 0 Å².